The summed E-state index contributed by atoms with van der Waals surface area (Å²) in [6.45, 7) is 3.64. The Morgan fingerprint density at radius 1 is 1.28 bits per heavy atom. The van der Waals surface area contributed by atoms with Crippen LogP contribution < -0.4 is 4.72 Å². The zero-order valence-electron chi connectivity index (χ0n) is 10.9. The molecule has 1 aromatic carbocycles. The van der Waals surface area contributed by atoms with Crippen LogP contribution in [0.5, 0.6) is 0 Å². The first-order valence-electron chi connectivity index (χ1n) is 5.77. The maximum Gasteiger partial charge on any atom is 0.301 e. The highest BCUT2D eigenvalue weighted by Crippen LogP contribution is 2.14. The van der Waals surface area contributed by atoms with Crippen molar-refractivity contribution in [3.05, 3.63) is 29.8 Å². The molecule has 0 bridgehead atoms. The van der Waals surface area contributed by atoms with Gasteiger partial charge in [0.05, 0.1) is 0 Å². The van der Waals surface area contributed by atoms with Gasteiger partial charge in [-0.1, -0.05) is 12.1 Å². The van der Waals surface area contributed by atoms with Gasteiger partial charge in [0, 0.05) is 24.7 Å². The highest BCUT2D eigenvalue weighted by atomic mass is 35.5. The molecule has 18 heavy (non-hydrogen) atoms. The number of rotatable bonds is 6. The van der Waals surface area contributed by atoms with Crippen molar-refractivity contribution in [2.45, 2.75) is 26.3 Å². The number of aryl methyl sites for hydroxylation is 1. The van der Waals surface area contributed by atoms with E-state index in [-0.39, 0.29) is 6.04 Å². The van der Waals surface area contributed by atoms with Crippen LogP contribution >= 0.6 is 11.6 Å². The fourth-order valence-electron chi connectivity index (χ4n) is 1.35. The van der Waals surface area contributed by atoms with Crippen molar-refractivity contribution in [1.29, 1.82) is 0 Å². The molecule has 1 rings (SSSR count). The maximum absolute atomic E-state index is 11.9. The number of anilines is 1. The van der Waals surface area contributed by atoms with Gasteiger partial charge in [-0.2, -0.15) is 12.7 Å². The zero-order chi connectivity index (χ0) is 13.8. The number of nitrogens with zero attached hydrogens (tertiary/aromatic N) is 1. The Labute approximate surface area is 114 Å². The van der Waals surface area contributed by atoms with Gasteiger partial charge in [-0.05, 0) is 38.0 Å². The van der Waals surface area contributed by atoms with Crippen LogP contribution in [0.15, 0.2) is 24.3 Å². The monoisotopic (exact) mass is 290 g/mol. The van der Waals surface area contributed by atoms with E-state index in [0.717, 1.165) is 12.0 Å². The molecule has 0 spiro atoms. The van der Waals surface area contributed by atoms with Crippen LogP contribution in [0.1, 0.15) is 19.4 Å². The lowest BCUT2D eigenvalue weighted by Gasteiger charge is -2.21. The van der Waals surface area contributed by atoms with Crippen molar-refractivity contribution in [2.75, 3.05) is 17.6 Å². The molecule has 0 aliphatic carbocycles. The molecule has 0 aromatic heterocycles. The van der Waals surface area contributed by atoms with E-state index < -0.39 is 10.2 Å². The Hall–Kier alpha value is -0.780. The van der Waals surface area contributed by atoms with Crippen molar-refractivity contribution in [1.82, 2.24) is 4.31 Å². The van der Waals surface area contributed by atoms with E-state index in [0.29, 0.717) is 11.6 Å². The predicted octanol–water partition coefficient (Wildman–Crippen LogP) is 2.46. The topological polar surface area (TPSA) is 49.4 Å². The fourth-order valence-corrected chi connectivity index (χ4v) is 2.70. The molecular weight excluding hydrogens is 272 g/mol. The van der Waals surface area contributed by atoms with E-state index in [1.54, 1.807) is 19.2 Å². The SMILES string of the molecule is CC(C)N(C)S(=O)(=O)Nc1ccc(CCCl)cc1. The Morgan fingerprint density at radius 3 is 2.28 bits per heavy atom. The largest absolute Gasteiger partial charge is 0.301 e. The number of hydrogen-bond acceptors (Lipinski definition) is 2. The lowest BCUT2D eigenvalue weighted by atomic mass is 10.2. The van der Waals surface area contributed by atoms with Gasteiger partial charge < -0.3 is 0 Å². The number of alkyl halides is 1. The third kappa shape index (κ3) is 4.15. The normalized spacial score (nSPS) is 12.1. The molecule has 6 heteroatoms. The molecule has 1 N–H and O–H groups in total. The molecule has 0 atom stereocenters. The van der Waals surface area contributed by atoms with Crippen LogP contribution in [-0.4, -0.2) is 31.7 Å². The van der Waals surface area contributed by atoms with Crippen LogP contribution in [-0.2, 0) is 16.6 Å². The van der Waals surface area contributed by atoms with Gasteiger partial charge in [0.2, 0.25) is 0 Å². The molecule has 0 unspecified atom stereocenters. The first-order valence-corrected chi connectivity index (χ1v) is 7.75. The minimum absolute atomic E-state index is 0.0852. The molecule has 102 valence electrons. The summed E-state index contributed by atoms with van der Waals surface area (Å²) < 4.78 is 27.7. The summed E-state index contributed by atoms with van der Waals surface area (Å²) in [5.41, 5.74) is 1.64. The first-order chi connectivity index (χ1) is 8.36. The summed E-state index contributed by atoms with van der Waals surface area (Å²) in [6, 6.07) is 7.14. The van der Waals surface area contributed by atoms with E-state index in [4.69, 9.17) is 11.6 Å². The molecular formula is C12H19ClN2O2S. The van der Waals surface area contributed by atoms with E-state index in [9.17, 15) is 8.42 Å². The quantitative estimate of drug-likeness (QED) is 0.818. The summed E-state index contributed by atoms with van der Waals surface area (Å²) in [5, 5.41) is 0. The van der Waals surface area contributed by atoms with Crippen molar-refractivity contribution in [3.8, 4) is 0 Å². The molecule has 0 aliphatic heterocycles. The first kappa shape index (κ1) is 15.3. The second-order valence-electron chi connectivity index (χ2n) is 4.35. The van der Waals surface area contributed by atoms with Crippen molar-refractivity contribution in [3.63, 3.8) is 0 Å². The predicted molar refractivity (Wildman–Crippen MR) is 76.3 cm³/mol. The molecule has 0 heterocycles. The lowest BCUT2D eigenvalue weighted by Crippen LogP contribution is -2.37. The van der Waals surface area contributed by atoms with Crippen LogP contribution in [0.3, 0.4) is 0 Å². The standard InChI is InChI=1S/C12H19ClN2O2S/c1-10(2)15(3)18(16,17)14-12-6-4-11(5-7-12)8-9-13/h4-7,10,14H,8-9H2,1-3H3. The van der Waals surface area contributed by atoms with Gasteiger partial charge >= 0.3 is 10.2 Å². The average Bonchev–Trinajstić information content (AvgIpc) is 2.30. The Morgan fingerprint density at radius 2 is 1.83 bits per heavy atom. The third-order valence-electron chi connectivity index (χ3n) is 2.69. The van der Waals surface area contributed by atoms with Crippen molar-refractivity contribution in [2.24, 2.45) is 0 Å². The number of hydrogen-bond donors (Lipinski definition) is 1. The molecule has 1 aromatic rings. The second-order valence-corrected chi connectivity index (χ2v) is 6.46. The maximum atomic E-state index is 11.9. The van der Waals surface area contributed by atoms with E-state index >= 15 is 0 Å². The molecule has 0 aliphatic rings. The third-order valence-corrected chi connectivity index (χ3v) is 4.55. The Bertz CT molecular complexity index is 471. The summed E-state index contributed by atoms with van der Waals surface area (Å²) in [7, 11) is -1.93. The molecule has 0 amide bonds. The molecule has 0 fully saturated rings. The summed E-state index contributed by atoms with van der Waals surface area (Å²) in [6.07, 6.45) is 0.778. The van der Waals surface area contributed by atoms with Gasteiger partial charge in [0.1, 0.15) is 0 Å². The number of halogens is 1. The Kier molecular flexibility index (Phi) is 5.44. The van der Waals surface area contributed by atoms with Crippen molar-refractivity contribution < 1.29 is 8.42 Å². The summed E-state index contributed by atoms with van der Waals surface area (Å²) in [4.78, 5) is 0. The van der Waals surface area contributed by atoms with Gasteiger partial charge in [-0.3, -0.25) is 4.72 Å². The molecule has 0 saturated carbocycles. The Balaban J connectivity index is 2.78. The van der Waals surface area contributed by atoms with E-state index in [2.05, 4.69) is 4.72 Å². The average molecular weight is 291 g/mol. The highest BCUT2D eigenvalue weighted by molar-refractivity contribution is 7.90. The van der Waals surface area contributed by atoms with Gasteiger partial charge in [-0.15, -0.1) is 11.6 Å². The van der Waals surface area contributed by atoms with Crippen LogP contribution in [0.25, 0.3) is 0 Å². The lowest BCUT2D eigenvalue weighted by molar-refractivity contribution is 0.414. The highest BCUT2D eigenvalue weighted by Gasteiger charge is 2.19. The van der Waals surface area contributed by atoms with Crippen LogP contribution in [0.4, 0.5) is 5.69 Å². The van der Waals surface area contributed by atoms with Gasteiger partial charge in [0.15, 0.2) is 0 Å². The summed E-state index contributed by atoms with van der Waals surface area (Å²) in [5.74, 6) is 0.557. The number of benzene rings is 1. The minimum atomic E-state index is -3.48. The van der Waals surface area contributed by atoms with E-state index in [1.807, 2.05) is 26.0 Å². The van der Waals surface area contributed by atoms with Crippen molar-refractivity contribution >= 4 is 27.5 Å². The van der Waals surface area contributed by atoms with E-state index in [1.165, 1.54) is 4.31 Å². The second kappa shape index (κ2) is 6.41. The molecule has 0 radical (unpaired) electrons. The minimum Gasteiger partial charge on any atom is -0.271 e. The van der Waals surface area contributed by atoms with Gasteiger partial charge in [-0.25, -0.2) is 0 Å². The van der Waals surface area contributed by atoms with Crippen LogP contribution in [0.2, 0.25) is 0 Å². The van der Waals surface area contributed by atoms with Crippen LogP contribution in [0, 0.1) is 0 Å². The summed E-state index contributed by atoms with van der Waals surface area (Å²) >= 11 is 5.64. The smallest absolute Gasteiger partial charge is 0.271 e. The molecule has 4 nitrogen and oxygen atoms in total. The number of nitrogens with one attached hydrogen (secondary N) is 1. The zero-order valence-corrected chi connectivity index (χ0v) is 12.4. The van der Waals surface area contributed by atoms with Gasteiger partial charge in [0.25, 0.3) is 0 Å². The molecule has 0 saturated heterocycles. The fraction of sp³-hybridized carbons (Fsp3) is 0.500.